The van der Waals surface area contributed by atoms with E-state index in [1.807, 2.05) is 66.2 Å². The minimum atomic E-state index is -0.576. The number of aromatic nitrogens is 2. The molecule has 0 spiro atoms. The van der Waals surface area contributed by atoms with Gasteiger partial charge in [0.25, 0.3) is 0 Å². The Bertz CT molecular complexity index is 1230. The summed E-state index contributed by atoms with van der Waals surface area (Å²) in [5.74, 6) is -0.134. The van der Waals surface area contributed by atoms with Crippen LogP contribution in [0.25, 0.3) is 16.9 Å². The second kappa shape index (κ2) is 9.16. The Morgan fingerprint density at radius 2 is 1.61 bits per heavy atom. The van der Waals surface area contributed by atoms with Crippen molar-refractivity contribution in [2.75, 3.05) is 31.1 Å². The largest absolute Gasteiger partial charge is 0.354 e. The number of rotatable bonds is 5. The molecule has 0 bridgehead atoms. The second-order valence-corrected chi connectivity index (χ2v) is 8.41. The zero-order chi connectivity index (χ0) is 22.8. The van der Waals surface area contributed by atoms with Crippen molar-refractivity contribution in [1.29, 1.82) is 0 Å². The molecule has 6 heteroatoms. The summed E-state index contributed by atoms with van der Waals surface area (Å²) >= 11 is 0. The highest BCUT2D eigenvalue weighted by Crippen LogP contribution is 2.33. The van der Waals surface area contributed by atoms with E-state index in [-0.39, 0.29) is 0 Å². The van der Waals surface area contributed by atoms with Crippen LogP contribution in [0.1, 0.15) is 11.3 Å². The van der Waals surface area contributed by atoms with Gasteiger partial charge in [0.15, 0.2) is 0 Å². The summed E-state index contributed by atoms with van der Waals surface area (Å²) in [7, 11) is 0. The first-order valence-electron chi connectivity index (χ1n) is 11.2. The van der Waals surface area contributed by atoms with E-state index in [2.05, 4.69) is 20.9 Å². The fraction of sp³-hybridized carbons (Fsp3) is 0.222. The molecule has 0 saturated carbocycles. The molecule has 0 radical (unpaired) electrons. The standard InChI is InChI=1S/C27H26F2N4/c1-20-17-22(19-31-13-15-32(16-14-31)26-9-5-6-12-30-26)27(21-7-3-2-4-8-21)33(20)25-11-10-23(28)18-24(25)29/h2-12,17-18H,13-16,19H2,1H3. The first kappa shape index (κ1) is 21.3. The van der Waals surface area contributed by atoms with Crippen molar-refractivity contribution in [3.8, 4) is 16.9 Å². The summed E-state index contributed by atoms with van der Waals surface area (Å²) in [6.45, 7) is 6.38. The second-order valence-electron chi connectivity index (χ2n) is 8.41. The van der Waals surface area contributed by atoms with Crippen LogP contribution in [0.3, 0.4) is 0 Å². The summed E-state index contributed by atoms with van der Waals surface area (Å²) in [5, 5.41) is 0. The number of piperazine rings is 1. The van der Waals surface area contributed by atoms with Crippen molar-refractivity contribution in [2.45, 2.75) is 13.5 Å². The molecule has 1 aliphatic heterocycles. The highest BCUT2D eigenvalue weighted by molar-refractivity contribution is 5.68. The summed E-state index contributed by atoms with van der Waals surface area (Å²) in [6, 6.07) is 21.9. The van der Waals surface area contributed by atoms with Crippen LogP contribution in [-0.4, -0.2) is 40.6 Å². The minimum Gasteiger partial charge on any atom is -0.354 e. The number of benzene rings is 2. The van der Waals surface area contributed by atoms with Crippen molar-refractivity contribution in [3.05, 3.63) is 102 Å². The molecule has 1 aliphatic rings. The van der Waals surface area contributed by atoms with Crippen molar-refractivity contribution in [3.63, 3.8) is 0 Å². The maximum Gasteiger partial charge on any atom is 0.150 e. The molecule has 0 amide bonds. The molecule has 0 aliphatic carbocycles. The van der Waals surface area contributed by atoms with Gasteiger partial charge in [0.05, 0.1) is 11.4 Å². The van der Waals surface area contributed by atoms with Crippen LogP contribution < -0.4 is 4.90 Å². The van der Waals surface area contributed by atoms with E-state index >= 15 is 0 Å². The zero-order valence-electron chi connectivity index (χ0n) is 18.6. The first-order valence-corrected chi connectivity index (χ1v) is 11.2. The fourth-order valence-electron chi connectivity index (χ4n) is 4.63. The van der Waals surface area contributed by atoms with Crippen molar-refractivity contribution < 1.29 is 8.78 Å². The zero-order valence-corrected chi connectivity index (χ0v) is 18.6. The number of pyridine rings is 1. The van der Waals surface area contributed by atoms with Gasteiger partial charge in [-0.05, 0) is 48.4 Å². The average molecular weight is 445 g/mol. The highest BCUT2D eigenvalue weighted by atomic mass is 19.1. The summed E-state index contributed by atoms with van der Waals surface area (Å²) < 4.78 is 30.3. The number of halogens is 2. The number of hydrogen-bond acceptors (Lipinski definition) is 3. The van der Waals surface area contributed by atoms with Crippen molar-refractivity contribution in [1.82, 2.24) is 14.5 Å². The average Bonchev–Trinajstić information content (AvgIpc) is 3.16. The predicted molar refractivity (Wildman–Crippen MR) is 128 cm³/mol. The molecule has 1 saturated heterocycles. The van der Waals surface area contributed by atoms with Gasteiger partial charge in [-0.25, -0.2) is 13.8 Å². The molecule has 0 atom stereocenters. The van der Waals surface area contributed by atoms with E-state index in [1.165, 1.54) is 12.1 Å². The molecule has 0 N–H and O–H groups in total. The van der Waals surface area contributed by atoms with Gasteiger partial charge in [-0.1, -0.05) is 36.4 Å². The fourth-order valence-corrected chi connectivity index (χ4v) is 4.63. The molecule has 1 fully saturated rings. The lowest BCUT2D eigenvalue weighted by atomic mass is 10.1. The quantitative estimate of drug-likeness (QED) is 0.409. The molecule has 4 aromatic rings. The summed E-state index contributed by atoms with van der Waals surface area (Å²) in [6.07, 6.45) is 1.83. The normalized spacial score (nSPS) is 14.6. The molecular formula is C27H26F2N4. The molecule has 33 heavy (non-hydrogen) atoms. The Labute approximate surface area is 192 Å². The number of nitrogens with zero attached hydrogens (tertiary/aromatic N) is 4. The van der Waals surface area contributed by atoms with Gasteiger partial charge in [-0.3, -0.25) is 4.90 Å². The molecule has 4 nitrogen and oxygen atoms in total. The van der Waals surface area contributed by atoms with E-state index in [0.717, 1.165) is 67.1 Å². The van der Waals surface area contributed by atoms with Crippen LogP contribution in [0.15, 0.2) is 79.0 Å². The lowest BCUT2D eigenvalue weighted by molar-refractivity contribution is 0.249. The first-order chi connectivity index (χ1) is 16.1. The van der Waals surface area contributed by atoms with Gasteiger partial charge >= 0.3 is 0 Å². The van der Waals surface area contributed by atoms with E-state index < -0.39 is 11.6 Å². The Morgan fingerprint density at radius 1 is 0.848 bits per heavy atom. The maximum absolute atomic E-state index is 14.8. The smallest absolute Gasteiger partial charge is 0.150 e. The van der Waals surface area contributed by atoms with Crippen molar-refractivity contribution in [2.24, 2.45) is 0 Å². The molecule has 0 unspecified atom stereocenters. The predicted octanol–water partition coefficient (Wildman–Crippen LogP) is 5.45. The Kier molecular flexibility index (Phi) is 5.92. The SMILES string of the molecule is Cc1cc(CN2CCN(c3ccccn3)CC2)c(-c2ccccc2)n1-c1ccc(F)cc1F. The van der Waals surface area contributed by atoms with E-state index in [1.54, 1.807) is 0 Å². The molecule has 2 aromatic carbocycles. The Morgan fingerprint density at radius 3 is 2.30 bits per heavy atom. The van der Waals surface area contributed by atoms with Gasteiger partial charge < -0.3 is 9.47 Å². The minimum absolute atomic E-state index is 0.360. The van der Waals surface area contributed by atoms with Gasteiger partial charge in [0, 0.05) is 50.7 Å². The third kappa shape index (κ3) is 4.39. The van der Waals surface area contributed by atoms with E-state index in [9.17, 15) is 8.78 Å². The van der Waals surface area contributed by atoms with Gasteiger partial charge in [0.2, 0.25) is 0 Å². The molecule has 2 aromatic heterocycles. The van der Waals surface area contributed by atoms with Crippen LogP contribution in [0, 0.1) is 18.6 Å². The highest BCUT2D eigenvalue weighted by Gasteiger charge is 2.23. The molecule has 3 heterocycles. The van der Waals surface area contributed by atoms with Crippen LogP contribution in [-0.2, 0) is 6.54 Å². The molecular weight excluding hydrogens is 418 g/mol. The Balaban J connectivity index is 1.46. The Hall–Kier alpha value is -3.51. The number of aryl methyl sites for hydroxylation is 1. The van der Waals surface area contributed by atoms with Gasteiger partial charge in [0.1, 0.15) is 17.5 Å². The van der Waals surface area contributed by atoms with Gasteiger partial charge in [-0.15, -0.1) is 0 Å². The number of anilines is 1. The topological polar surface area (TPSA) is 24.3 Å². The van der Waals surface area contributed by atoms with Crippen LogP contribution in [0.5, 0.6) is 0 Å². The third-order valence-corrected chi connectivity index (χ3v) is 6.20. The molecule has 168 valence electrons. The monoisotopic (exact) mass is 444 g/mol. The van der Waals surface area contributed by atoms with Crippen LogP contribution in [0.2, 0.25) is 0 Å². The van der Waals surface area contributed by atoms with Gasteiger partial charge in [-0.2, -0.15) is 0 Å². The summed E-state index contributed by atoms with van der Waals surface area (Å²) in [5.41, 5.74) is 4.37. The van der Waals surface area contributed by atoms with E-state index in [0.29, 0.717) is 5.69 Å². The number of hydrogen-bond donors (Lipinski definition) is 0. The lowest BCUT2D eigenvalue weighted by Gasteiger charge is -2.35. The third-order valence-electron chi connectivity index (χ3n) is 6.20. The lowest BCUT2D eigenvalue weighted by Crippen LogP contribution is -2.46. The van der Waals surface area contributed by atoms with Crippen molar-refractivity contribution >= 4 is 5.82 Å². The van der Waals surface area contributed by atoms with Crippen LogP contribution in [0.4, 0.5) is 14.6 Å². The molecule has 5 rings (SSSR count). The maximum atomic E-state index is 14.8. The van der Waals surface area contributed by atoms with Crippen LogP contribution >= 0.6 is 0 Å². The summed E-state index contributed by atoms with van der Waals surface area (Å²) in [4.78, 5) is 9.20. The van der Waals surface area contributed by atoms with E-state index in [4.69, 9.17) is 0 Å².